The van der Waals surface area contributed by atoms with Gasteiger partial charge >= 0.3 is 0 Å². The van der Waals surface area contributed by atoms with Gasteiger partial charge in [0.15, 0.2) is 5.58 Å². The number of oxazole rings is 1. The normalized spacial score (nSPS) is 10.9. The van der Waals surface area contributed by atoms with Crippen LogP contribution in [0.1, 0.15) is 21.5 Å². The van der Waals surface area contributed by atoms with Crippen molar-refractivity contribution < 1.29 is 9.21 Å². The summed E-state index contributed by atoms with van der Waals surface area (Å²) in [6, 6.07) is 12.6. The highest BCUT2D eigenvalue weighted by Crippen LogP contribution is 2.33. The molecular formula is C21H16ClN3O2. The van der Waals surface area contributed by atoms with Crippen LogP contribution in [0, 0.1) is 13.8 Å². The molecule has 0 spiro atoms. The van der Waals surface area contributed by atoms with E-state index < -0.39 is 0 Å². The monoisotopic (exact) mass is 377 g/mol. The average molecular weight is 378 g/mol. The maximum absolute atomic E-state index is 12.3. The number of aryl methyl sites for hydroxylation is 2. The second kappa shape index (κ2) is 6.85. The van der Waals surface area contributed by atoms with Crippen LogP contribution in [-0.2, 0) is 0 Å². The maximum atomic E-state index is 12.3. The van der Waals surface area contributed by atoms with E-state index in [2.05, 4.69) is 15.3 Å². The summed E-state index contributed by atoms with van der Waals surface area (Å²) in [5, 5.41) is 3.34. The lowest BCUT2D eigenvalue weighted by molar-refractivity contribution is 0.102. The second-order valence-electron chi connectivity index (χ2n) is 6.34. The number of hydrogen-bond acceptors (Lipinski definition) is 4. The van der Waals surface area contributed by atoms with Crippen LogP contribution in [0.15, 0.2) is 59.3 Å². The molecule has 0 aliphatic rings. The minimum absolute atomic E-state index is 0.250. The number of carbonyl (C=O) groups is 1. The van der Waals surface area contributed by atoms with Gasteiger partial charge in [-0.25, -0.2) is 4.98 Å². The SMILES string of the molecule is Cc1cc(C)c2oc(-c3cc(NC(=O)c4cccnc4)ccc3Cl)nc2c1. The van der Waals surface area contributed by atoms with Crippen molar-refractivity contribution in [2.45, 2.75) is 13.8 Å². The predicted octanol–water partition coefficient (Wildman–Crippen LogP) is 5.41. The average Bonchev–Trinajstić information content (AvgIpc) is 3.08. The topological polar surface area (TPSA) is 68.0 Å². The van der Waals surface area contributed by atoms with E-state index in [-0.39, 0.29) is 5.91 Å². The number of pyridine rings is 1. The number of fused-ring (bicyclic) bond motifs is 1. The van der Waals surface area contributed by atoms with Crippen molar-refractivity contribution in [1.82, 2.24) is 9.97 Å². The van der Waals surface area contributed by atoms with E-state index in [0.717, 1.165) is 22.2 Å². The highest BCUT2D eigenvalue weighted by atomic mass is 35.5. The van der Waals surface area contributed by atoms with E-state index in [1.807, 2.05) is 26.0 Å². The third kappa shape index (κ3) is 3.41. The molecule has 0 aliphatic carbocycles. The largest absolute Gasteiger partial charge is 0.436 e. The van der Waals surface area contributed by atoms with Gasteiger partial charge in [-0.05, 0) is 61.4 Å². The predicted molar refractivity (Wildman–Crippen MR) is 106 cm³/mol. The first kappa shape index (κ1) is 17.2. The van der Waals surface area contributed by atoms with Crippen LogP contribution < -0.4 is 5.32 Å². The molecule has 4 aromatic rings. The summed E-state index contributed by atoms with van der Waals surface area (Å²) in [7, 11) is 0. The van der Waals surface area contributed by atoms with Crippen molar-refractivity contribution in [1.29, 1.82) is 0 Å². The number of nitrogens with zero attached hydrogens (tertiary/aromatic N) is 2. The lowest BCUT2D eigenvalue weighted by Gasteiger charge is -2.07. The van der Waals surface area contributed by atoms with Gasteiger partial charge in [0.2, 0.25) is 5.89 Å². The molecule has 0 aliphatic heterocycles. The Kier molecular flexibility index (Phi) is 4.38. The summed E-state index contributed by atoms with van der Waals surface area (Å²) in [5.41, 5.74) is 5.33. The summed E-state index contributed by atoms with van der Waals surface area (Å²) in [4.78, 5) is 20.9. The number of nitrogens with one attached hydrogen (secondary N) is 1. The summed E-state index contributed by atoms with van der Waals surface area (Å²) < 4.78 is 5.95. The molecule has 1 N–H and O–H groups in total. The van der Waals surface area contributed by atoms with Gasteiger partial charge in [-0.2, -0.15) is 0 Å². The summed E-state index contributed by atoms with van der Waals surface area (Å²) in [6.45, 7) is 4.00. The first-order valence-corrected chi connectivity index (χ1v) is 8.78. The number of benzene rings is 2. The molecule has 0 saturated heterocycles. The Morgan fingerprint density at radius 3 is 2.78 bits per heavy atom. The van der Waals surface area contributed by atoms with E-state index in [0.29, 0.717) is 27.7 Å². The molecule has 0 bridgehead atoms. The minimum Gasteiger partial charge on any atom is -0.436 e. The van der Waals surface area contributed by atoms with E-state index in [4.69, 9.17) is 16.0 Å². The van der Waals surface area contributed by atoms with E-state index in [1.54, 1.807) is 36.5 Å². The number of anilines is 1. The number of halogens is 1. The molecule has 27 heavy (non-hydrogen) atoms. The Bertz CT molecular complexity index is 1150. The molecule has 2 aromatic heterocycles. The maximum Gasteiger partial charge on any atom is 0.257 e. The molecule has 4 rings (SSSR count). The zero-order chi connectivity index (χ0) is 19.0. The number of carbonyl (C=O) groups excluding carboxylic acids is 1. The van der Waals surface area contributed by atoms with Crippen molar-refractivity contribution in [3.63, 3.8) is 0 Å². The standard InChI is InChI=1S/C21H16ClN3O2/c1-12-8-13(2)19-18(9-12)25-21(27-19)16-10-15(5-6-17(16)22)24-20(26)14-4-3-7-23-11-14/h3-11H,1-2H3,(H,24,26). The molecule has 0 radical (unpaired) electrons. The Morgan fingerprint density at radius 1 is 1.15 bits per heavy atom. The van der Waals surface area contributed by atoms with Gasteiger partial charge in [-0.1, -0.05) is 17.7 Å². The van der Waals surface area contributed by atoms with Gasteiger partial charge in [0.1, 0.15) is 5.52 Å². The van der Waals surface area contributed by atoms with E-state index in [1.165, 1.54) is 6.20 Å². The molecule has 0 unspecified atom stereocenters. The van der Waals surface area contributed by atoms with Crippen LogP contribution in [0.25, 0.3) is 22.6 Å². The van der Waals surface area contributed by atoms with Gasteiger partial charge in [0.25, 0.3) is 5.91 Å². The smallest absolute Gasteiger partial charge is 0.257 e. The summed E-state index contributed by atoms with van der Waals surface area (Å²) in [6.07, 6.45) is 3.13. The summed E-state index contributed by atoms with van der Waals surface area (Å²) in [5.74, 6) is 0.168. The number of amides is 1. The molecule has 2 heterocycles. The van der Waals surface area contributed by atoms with Gasteiger partial charge in [0, 0.05) is 18.1 Å². The quantitative estimate of drug-likeness (QED) is 0.518. The minimum atomic E-state index is -0.250. The van der Waals surface area contributed by atoms with Crippen LogP contribution >= 0.6 is 11.6 Å². The zero-order valence-corrected chi connectivity index (χ0v) is 15.5. The van der Waals surface area contributed by atoms with Crippen LogP contribution in [-0.4, -0.2) is 15.9 Å². The van der Waals surface area contributed by atoms with Gasteiger partial charge in [0.05, 0.1) is 16.1 Å². The Balaban J connectivity index is 1.71. The van der Waals surface area contributed by atoms with Gasteiger partial charge < -0.3 is 9.73 Å². The number of aromatic nitrogens is 2. The van der Waals surface area contributed by atoms with Crippen LogP contribution in [0.5, 0.6) is 0 Å². The highest BCUT2D eigenvalue weighted by Gasteiger charge is 2.15. The van der Waals surface area contributed by atoms with Crippen LogP contribution in [0.2, 0.25) is 5.02 Å². The van der Waals surface area contributed by atoms with Crippen molar-refractivity contribution in [2.75, 3.05) is 5.32 Å². The van der Waals surface area contributed by atoms with Crippen molar-refractivity contribution in [2.24, 2.45) is 0 Å². The van der Waals surface area contributed by atoms with Crippen LogP contribution in [0.3, 0.4) is 0 Å². The first-order chi connectivity index (χ1) is 13.0. The van der Waals surface area contributed by atoms with Gasteiger partial charge in [-0.3, -0.25) is 9.78 Å². The third-order valence-electron chi connectivity index (χ3n) is 4.20. The molecule has 0 saturated carbocycles. The Morgan fingerprint density at radius 2 is 2.00 bits per heavy atom. The fraction of sp³-hybridized carbons (Fsp3) is 0.0952. The van der Waals surface area contributed by atoms with Gasteiger partial charge in [-0.15, -0.1) is 0 Å². The molecule has 5 nitrogen and oxygen atoms in total. The number of rotatable bonds is 3. The first-order valence-electron chi connectivity index (χ1n) is 8.40. The highest BCUT2D eigenvalue weighted by molar-refractivity contribution is 6.33. The Hall–Kier alpha value is -3.18. The fourth-order valence-electron chi connectivity index (χ4n) is 2.96. The van der Waals surface area contributed by atoms with Crippen molar-refractivity contribution in [3.8, 4) is 11.5 Å². The molecule has 2 aromatic carbocycles. The van der Waals surface area contributed by atoms with Crippen molar-refractivity contribution >= 4 is 34.3 Å². The number of hydrogen-bond donors (Lipinski definition) is 1. The molecule has 0 fully saturated rings. The lowest BCUT2D eigenvalue weighted by atomic mass is 10.1. The van der Waals surface area contributed by atoms with Crippen molar-refractivity contribution in [3.05, 3.63) is 76.6 Å². The van der Waals surface area contributed by atoms with E-state index >= 15 is 0 Å². The lowest BCUT2D eigenvalue weighted by Crippen LogP contribution is -2.12. The molecule has 1 amide bonds. The van der Waals surface area contributed by atoms with E-state index in [9.17, 15) is 4.79 Å². The molecule has 134 valence electrons. The fourth-order valence-corrected chi connectivity index (χ4v) is 3.16. The Labute approximate surface area is 161 Å². The molecule has 0 atom stereocenters. The second-order valence-corrected chi connectivity index (χ2v) is 6.75. The van der Waals surface area contributed by atoms with Crippen LogP contribution in [0.4, 0.5) is 5.69 Å². The molecular weight excluding hydrogens is 362 g/mol. The molecule has 6 heteroatoms. The third-order valence-corrected chi connectivity index (χ3v) is 4.53. The zero-order valence-electron chi connectivity index (χ0n) is 14.8. The summed E-state index contributed by atoms with van der Waals surface area (Å²) >= 11 is 6.36.